The fourth-order valence-electron chi connectivity index (χ4n) is 3.85. The highest BCUT2D eigenvalue weighted by atomic mass is 16.2. The first-order valence-corrected chi connectivity index (χ1v) is 9.88. The van der Waals surface area contributed by atoms with E-state index in [4.69, 9.17) is 9.97 Å². The van der Waals surface area contributed by atoms with Gasteiger partial charge in [0.25, 0.3) is 5.91 Å². The number of rotatable bonds is 4. The molecular weight excluding hydrogens is 340 g/mol. The summed E-state index contributed by atoms with van der Waals surface area (Å²) in [7, 11) is 0. The highest BCUT2D eigenvalue weighted by Crippen LogP contribution is 2.32. The van der Waals surface area contributed by atoms with Crippen LogP contribution in [0.15, 0.2) is 24.5 Å². The number of carbonyl (C=O) groups is 1. The molecule has 1 N–H and O–H groups in total. The molecule has 7 heteroatoms. The summed E-state index contributed by atoms with van der Waals surface area (Å²) >= 11 is 0. The van der Waals surface area contributed by atoms with Crippen LogP contribution in [-0.4, -0.2) is 51.4 Å². The van der Waals surface area contributed by atoms with Crippen LogP contribution in [0.4, 0.5) is 11.8 Å². The third-order valence-electron chi connectivity index (χ3n) is 5.57. The molecule has 0 bridgehead atoms. The van der Waals surface area contributed by atoms with Crippen LogP contribution in [0.1, 0.15) is 47.3 Å². The maximum atomic E-state index is 12.9. The Kier molecular flexibility index (Phi) is 4.14. The molecule has 0 spiro atoms. The summed E-state index contributed by atoms with van der Waals surface area (Å²) in [6.45, 7) is 3.32. The number of carbonyl (C=O) groups excluding carboxylic acids is 1. The normalized spacial score (nSPS) is 19.1. The number of amides is 1. The first-order valence-electron chi connectivity index (χ1n) is 9.88. The van der Waals surface area contributed by atoms with Gasteiger partial charge in [-0.2, -0.15) is 4.98 Å². The van der Waals surface area contributed by atoms with Crippen LogP contribution in [0.3, 0.4) is 0 Å². The molecule has 4 heterocycles. The van der Waals surface area contributed by atoms with Gasteiger partial charge in [0.05, 0.1) is 12.2 Å². The molecule has 1 amide bonds. The number of nitrogens with zero attached hydrogens (tertiary/aromatic N) is 5. The standard InChI is InChI=1S/C20H24N6O/c27-19(14-5-8-21-9-6-14)26-12-7-17-16(13-26)18(22-15-3-4-15)24-20(23-17)25-10-1-2-11-25/h5-6,8-9,15H,1-4,7,10-13H2,(H,22,23,24). The lowest BCUT2D eigenvalue weighted by molar-refractivity contribution is 0.0733. The third kappa shape index (κ3) is 3.34. The summed E-state index contributed by atoms with van der Waals surface area (Å²) in [4.78, 5) is 30.8. The fourth-order valence-corrected chi connectivity index (χ4v) is 3.85. The van der Waals surface area contributed by atoms with E-state index in [9.17, 15) is 4.79 Å². The van der Waals surface area contributed by atoms with Crippen molar-refractivity contribution >= 4 is 17.7 Å². The minimum Gasteiger partial charge on any atom is -0.367 e. The monoisotopic (exact) mass is 364 g/mol. The second-order valence-electron chi connectivity index (χ2n) is 7.62. The Bertz CT molecular complexity index is 845. The van der Waals surface area contributed by atoms with Gasteiger partial charge < -0.3 is 15.1 Å². The molecule has 5 rings (SSSR count). The number of anilines is 2. The lowest BCUT2D eigenvalue weighted by Gasteiger charge is -2.30. The van der Waals surface area contributed by atoms with Gasteiger partial charge in [-0.05, 0) is 37.8 Å². The van der Waals surface area contributed by atoms with Crippen LogP contribution < -0.4 is 10.2 Å². The number of aromatic nitrogens is 3. The number of fused-ring (bicyclic) bond motifs is 1. The van der Waals surface area contributed by atoms with Gasteiger partial charge in [0.1, 0.15) is 5.82 Å². The van der Waals surface area contributed by atoms with Crippen molar-refractivity contribution in [2.24, 2.45) is 0 Å². The second-order valence-corrected chi connectivity index (χ2v) is 7.62. The summed E-state index contributed by atoms with van der Waals surface area (Å²) in [6.07, 6.45) is 8.90. The fraction of sp³-hybridized carbons (Fsp3) is 0.500. The Morgan fingerprint density at radius 1 is 1.07 bits per heavy atom. The van der Waals surface area contributed by atoms with Gasteiger partial charge in [-0.25, -0.2) is 4.98 Å². The second kappa shape index (κ2) is 6.79. The molecule has 2 fully saturated rings. The Morgan fingerprint density at radius 3 is 2.59 bits per heavy atom. The number of pyridine rings is 1. The van der Waals surface area contributed by atoms with Crippen molar-refractivity contribution in [3.05, 3.63) is 41.3 Å². The molecule has 3 aliphatic rings. The van der Waals surface area contributed by atoms with E-state index >= 15 is 0 Å². The molecule has 0 atom stereocenters. The van der Waals surface area contributed by atoms with Crippen LogP contribution in [0.2, 0.25) is 0 Å². The van der Waals surface area contributed by atoms with Gasteiger partial charge in [0.2, 0.25) is 5.95 Å². The first kappa shape index (κ1) is 16.5. The van der Waals surface area contributed by atoms with Gasteiger partial charge in [-0.1, -0.05) is 0 Å². The SMILES string of the molecule is O=C(c1ccncc1)N1CCc2nc(N3CCCC3)nc(NC3CC3)c2C1. The number of nitrogens with one attached hydrogen (secondary N) is 1. The Hall–Kier alpha value is -2.70. The highest BCUT2D eigenvalue weighted by Gasteiger charge is 2.30. The van der Waals surface area contributed by atoms with E-state index in [0.29, 0.717) is 24.7 Å². The molecule has 2 aromatic rings. The zero-order valence-electron chi connectivity index (χ0n) is 15.4. The molecular formula is C20H24N6O. The van der Waals surface area contributed by atoms with Crippen LogP contribution in [0.25, 0.3) is 0 Å². The van der Waals surface area contributed by atoms with Gasteiger partial charge in [0, 0.05) is 55.6 Å². The number of hydrogen-bond acceptors (Lipinski definition) is 6. The zero-order valence-corrected chi connectivity index (χ0v) is 15.4. The maximum Gasteiger partial charge on any atom is 0.254 e. The minimum atomic E-state index is 0.0454. The quantitative estimate of drug-likeness (QED) is 0.897. The molecule has 2 aliphatic heterocycles. The van der Waals surface area contributed by atoms with E-state index < -0.39 is 0 Å². The first-order chi connectivity index (χ1) is 13.3. The summed E-state index contributed by atoms with van der Waals surface area (Å²) in [5.74, 6) is 1.82. The average molecular weight is 364 g/mol. The highest BCUT2D eigenvalue weighted by molar-refractivity contribution is 5.94. The van der Waals surface area contributed by atoms with Crippen LogP contribution >= 0.6 is 0 Å². The van der Waals surface area contributed by atoms with Gasteiger partial charge in [0.15, 0.2) is 0 Å². The van der Waals surface area contributed by atoms with E-state index in [1.165, 1.54) is 25.7 Å². The predicted octanol–water partition coefficient (Wildman–Crippen LogP) is 2.24. The molecule has 140 valence electrons. The lowest BCUT2D eigenvalue weighted by Crippen LogP contribution is -2.37. The summed E-state index contributed by atoms with van der Waals surface area (Å²) < 4.78 is 0. The smallest absolute Gasteiger partial charge is 0.254 e. The van der Waals surface area contributed by atoms with E-state index in [2.05, 4.69) is 15.2 Å². The van der Waals surface area contributed by atoms with Gasteiger partial charge in [-0.3, -0.25) is 9.78 Å². The molecule has 7 nitrogen and oxygen atoms in total. The van der Waals surface area contributed by atoms with Crippen molar-refractivity contribution in [2.75, 3.05) is 29.9 Å². The van der Waals surface area contributed by atoms with Crippen molar-refractivity contribution in [1.29, 1.82) is 0 Å². The van der Waals surface area contributed by atoms with E-state index in [0.717, 1.165) is 42.5 Å². The average Bonchev–Trinajstić information content (AvgIpc) is 3.36. The molecule has 0 unspecified atom stereocenters. The Balaban J connectivity index is 1.44. The largest absolute Gasteiger partial charge is 0.367 e. The van der Waals surface area contributed by atoms with E-state index in [1.807, 2.05) is 4.90 Å². The number of hydrogen-bond donors (Lipinski definition) is 1. The molecule has 27 heavy (non-hydrogen) atoms. The van der Waals surface area contributed by atoms with Crippen molar-refractivity contribution < 1.29 is 4.79 Å². The Labute approximate surface area is 158 Å². The van der Waals surface area contributed by atoms with Gasteiger partial charge >= 0.3 is 0 Å². The molecule has 1 saturated heterocycles. The topological polar surface area (TPSA) is 74.2 Å². The molecule has 1 saturated carbocycles. The van der Waals surface area contributed by atoms with Crippen LogP contribution in [0, 0.1) is 0 Å². The van der Waals surface area contributed by atoms with Crippen molar-refractivity contribution in [2.45, 2.75) is 44.7 Å². The predicted molar refractivity (Wildman–Crippen MR) is 103 cm³/mol. The molecule has 2 aromatic heterocycles. The zero-order chi connectivity index (χ0) is 18.2. The van der Waals surface area contributed by atoms with E-state index in [-0.39, 0.29) is 5.91 Å². The molecule has 0 radical (unpaired) electrons. The van der Waals surface area contributed by atoms with Crippen LogP contribution in [0.5, 0.6) is 0 Å². The summed E-state index contributed by atoms with van der Waals surface area (Å²) in [6, 6.07) is 4.06. The lowest BCUT2D eigenvalue weighted by atomic mass is 10.0. The van der Waals surface area contributed by atoms with Crippen LogP contribution in [-0.2, 0) is 13.0 Å². The summed E-state index contributed by atoms with van der Waals surface area (Å²) in [5.41, 5.74) is 2.85. The Morgan fingerprint density at radius 2 is 1.85 bits per heavy atom. The van der Waals surface area contributed by atoms with Gasteiger partial charge in [-0.15, -0.1) is 0 Å². The third-order valence-corrected chi connectivity index (χ3v) is 5.57. The molecule has 0 aromatic carbocycles. The summed E-state index contributed by atoms with van der Waals surface area (Å²) in [5, 5.41) is 3.58. The maximum absolute atomic E-state index is 12.9. The van der Waals surface area contributed by atoms with Crippen molar-refractivity contribution in [1.82, 2.24) is 19.9 Å². The minimum absolute atomic E-state index is 0.0454. The van der Waals surface area contributed by atoms with Crippen molar-refractivity contribution in [3.63, 3.8) is 0 Å². The molecule has 1 aliphatic carbocycles. The van der Waals surface area contributed by atoms with Crippen molar-refractivity contribution in [3.8, 4) is 0 Å². The van der Waals surface area contributed by atoms with E-state index in [1.54, 1.807) is 24.5 Å².